The average molecular weight is 241 g/mol. The highest BCUT2D eigenvalue weighted by molar-refractivity contribution is 5.78. The Morgan fingerprint density at radius 3 is 2.83 bits per heavy atom. The Bertz CT molecular complexity index is 543. The van der Waals surface area contributed by atoms with Crippen LogP contribution in [0.15, 0.2) is 42.7 Å². The Labute approximate surface area is 108 Å². The van der Waals surface area contributed by atoms with E-state index in [0.717, 1.165) is 24.0 Å². The summed E-state index contributed by atoms with van der Waals surface area (Å²) < 4.78 is 0. The first-order chi connectivity index (χ1) is 8.72. The molecule has 0 radical (unpaired) electrons. The molecule has 0 bridgehead atoms. The van der Waals surface area contributed by atoms with Crippen molar-refractivity contribution in [2.45, 2.75) is 26.3 Å². The highest BCUT2D eigenvalue weighted by Crippen LogP contribution is 2.25. The van der Waals surface area contributed by atoms with E-state index in [0.29, 0.717) is 0 Å². The van der Waals surface area contributed by atoms with Gasteiger partial charge in [-0.05, 0) is 31.5 Å². The number of nitrogens with one attached hydrogen (secondary N) is 1. The molecule has 94 valence electrons. The zero-order valence-corrected chi connectivity index (χ0v) is 11.0. The zero-order chi connectivity index (χ0) is 13.0. The molecule has 0 aliphatic rings. The molecule has 0 spiro atoms. The normalized spacial score (nSPS) is 12.6. The lowest BCUT2D eigenvalue weighted by molar-refractivity contribution is 0.551. The molecule has 3 nitrogen and oxygen atoms in total. The van der Waals surface area contributed by atoms with Crippen molar-refractivity contribution in [3.05, 3.63) is 48.3 Å². The summed E-state index contributed by atoms with van der Waals surface area (Å²) in [5.41, 5.74) is 4.29. The van der Waals surface area contributed by atoms with Gasteiger partial charge in [0.05, 0.1) is 11.0 Å². The van der Waals surface area contributed by atoms with Crippen molar-refractivity contribution in [1.82, 2.24) is 15.3 Å². The van der Waals surface area contributed by atoms with E-state index in [9.17, 15) is 0 Å². The van der Waals surface area contributed by atoms with Crippen molar-refractivity contribution in [2.24, 2.45) is 0 Å². The molecule has 3 heteroatoms. The molecular weight excluding hydrogens is 222 g/mol. The van der Waals surface area contributed by atoms with E-state index < -0.39 is 0 Å². The second-order valence-electron chi connectivity index (χ2n) is 4.54. The Hall–Kier alpha value is -1.74. The van der Waals surface area contributed by atoms with Crippen LogP contribution in [0.4, 0.5) is 0 Å². The van der Waals surface area contributed by atoms with E-state index >= 15 is 0 Å². The fourth-order valence-electron chi connectivity index (χ4n) is 2.18. The molecule has 2 rings (SSSR count). The van der Waals surface area contributed by atoms with Crippen molar-refractivity contribution in [1.29, 1.82) is 0 Å². The van der Waals surface area contributed by atoms with Crippen molar-refractivity contribution in [2.75, 3.05) is 6.54 Å². The van der Waals surface area contributed by atoms with Crippen LogP contribution in [0.25, 0.3) is 11.0 Å². The van der Waals surface area contributed by atoms with Gasteiger partial charge in [-0.1, -0.05) is 24.6 Å². The SMILES string of the molecule is C=C(C)CC(NCC)c1cccc2nccnc12. The summed E-state index contributed by atoms with van der Waals surface area (Å²) in [7, 11) is 0. The fraction of sp³-hybridized carbons (Fsp3) is 0.333. The highest BCUT2D eigenvalue weighted by Gasteiger charge is 2.14. The van der Waals surface area contributed by atoms with Crippen LogP contribution >= 0.6 is 0 Å². The summed E-state index contributed by atoms with van der Waals surface area (Å²) in [4.78, 5) is 8.81. The largest absolute Gasteiger partial charge is 0.310 e. The number of benzene rings is 1. The molecule has 0 fully saturated rings. The lowest BCUT2D eigenvalue weighted by atomic mass is 9.98. The third kappa shape index (κ3) is 2.74. The predicted octanol–water partition coefficient (Wildman–Crippen LogP) is 3.25. The standard InChI is InChI=1S/C15H19N3/c1-4-16-14(10-11(2)3)12-6-5-7-13-15(12)18-9-8-17-13/h5-9,14,16H,2,4,10H2,1,3H3. The number of aromatic nitrogens is 2. The smallest absolute Gasteiger partial charge is 0.0934 e. The van der Waals surface area contributed by atoms with E-state index in [-0.39, 0.29) is 6.04 Å². The van der Waals surface area contributed by atoms with Crippen LogP contribution in [-0.2, 0) is 0 Å². The lowest BCUT2D eigenvalue weighted by Crippen LogP contribution is -2.21. The molecule has 0 saturated carbocycles. The molecule has 1 aromatic heterocycles. The minimum atomic E-state index is 0.257. The first kappa shape index (κ1) is 12.7. The fourth-order valence-corrected chi connectivity index (χ4v) is 2.18. The third-order valence-electron chi connectivity index (χ3n) is 2.91. The van der Waals surface area contributed by atoms with Gasteiger partial charge in [0.1, 0.15) is 0 Å². The Morgan fingerprint density at radius 2 is 2.11 bits per heavy atom. The molecule has 1 unspecified atom stereocenters. The number of para-hydroxylation sites is 1. The second kappa shape index (κ2) is 5.74. The van der Waals surface area contributed by atoms with Gasteiger partial charge in [-0.3, -0.25) is 9.97 Å². The molecular formula is C15H19N3. The van der Waals surface area contributed by atoms with Crippen LogP contribution in [0, 0.1) is 0 Å². The first-order valence-electron chi connectivity index (χ1n) is 6.29. The van der Waals surface area contributed by atoms with Crippen molar-refractivity contribution in [3.63, 3.8) is 0 Å². The minimum Gasteiger partial charge on any atom is -0.310 e. The molecule has 2 aromatic rings. The Kier molecular flexibility index (Phi) is 4.05. The molecule has 0 amide bonds. The van der Waals surface area contributed by atoms with Gasteiger partial charge >= 0.3 is 0 Å². The molecule has 1 heterocycles. The van der Waals surface area contributed by atoms with Gasteiger partial charge in [0.25, 0.3) is 0 Å². The zero-order valence-electron chi connectivity index (χ0n) is 11.0. The summed E-state index contributed by atoms with van der Waals surface area (Å²) in [5, 5.41) is 3.49. The number of hydrogen-bond donors (Lipinski definition) is 1. The summed E-state index contributed by atoms with van der Waals surface area (Å²) in [6.45, 7) is 9.10. The molecule has 18 heavy (non-hydrogen) atoms. The molecule has 0 saturated heterocycles. The van der Waals surface area contributed by atoms with Gasteiger partial charge in [-0.15, -0.1) is 6.58 Å². The van der Waals surface area contributed by atoms with Crippen molar-refractivity contribution >= 4 is 11.0 Å². The van der Waals surface area contributed by atoms with E-state index in [1.807, 2.05) is 12.1 Å². The quantitative estimate of drug-likeness (QED) is 0.817. The summed E-state index contributed by atoms with van der Waals surface area (Å²) in [6, 6.07) is 6.41. The van der Waals surface area contributed by atoms with Crippen LogP contribution < -0.4 is 5.32 Å². The molecule has 0 aliphatic heterocycles. The maximum Gasteiger partial charge on any atom is 0.0934 e. The van der Waals surface area contributed by atoms with Gasteiger partial charge in [0, 0.05) is 18.4 Å². The number of fused-ring (bicyclic) bond motifs is 1. The first-order valence-corrected chi connectivity index (χ1v) is 6.29. The monoisotopic (exact) mass is 241 g/mol. The van der Waals surface area contributed by atoms with Crippen LogP contribution in [0.3, 0.4) is 0 Å². The summed E-state index contributed by atoms with van der Waals surface area (Å²) in [5.74, 6) is 0. The second-order valence-corrected chi connectivity index (χ2v) is 4.54. The predicted molar refractivity (Wildman–Crippen MR) is 75.4 cm³/mol. The highest BCUT2D eigenvalue weighted by atomic mass is 14.9. The Balaban J connectivity index is 2.46. The van der Waals surface area contributed by atoms with Gasteiger partial charge in [0.15, 0.2) is 0 Å². The van der Waals surface area contributed by atoms with Crippen LogP contribution in [0.2, 0.25) is 0 Å². The van der Waals surface area contributed by atoms with Gasteiger partial charge in [-0.25, -0.2) is 0 Å². The summed E-state index contributed by atoms with van der Waals surface area (Å²) >= 11 is 0. The topological polar surface area (TPSA) is 37.8 Å². The van der Waals surface area contributed by atoms with Crippen molar-refractivity contribution < 1.29 is 0 Å². The Morgan fingerprint density at radius 1 is 1.33 bits per heavy atom. The van der Waals surface area contributed by atoms with Crippen LogP contribution in [0.5, 0.6) is 0 Å². The summed E-state index contributed by atoms with van der Waals surface area (Å²) in [6.07, 6.45) is 4.40. The molecule has 1 atom stereocenters. The number of rotatable bonds is 5. The third-order valence-corrected chi connectivity index (χ3v) is 2.91. The van der Waals surface area contributed by atoms with Gasteiger partial charge < -0.3 is 5.32 Å². The average Bonchev–Trinajstić information content (AvgIpc) is 2.37. The van der Waals surface area contributed by atoms with Gasteiger partial charge in [-0.2, -0.15) is 0 Å². The lowest BCUT2D eigenvalue weighted by Gasteiger charge is -2.19. The van der Waals surface area contributed by atoms with E-state index in [4.69, 9.17) is 0 Å². The maximum atomic E-state index is 4.46. The number of nitrogens with zero attached hydrogens (tertiary/aromatic N) is 2. The molecule has 0 aliphatic carbocycles. The number of hydrogen-bond acceptors (Lipinski definition) is 3. The molecule has 1 aromatic carbocycles. The maximum absolute atomic E-state index is 4.46. The van der Waals surface area contributed by atoms with Crippen LogP contribution in [-0.4, -0.2) is 16.5 Å². The van der Waals surface area contributed by atoms with E-state index in [1.54, 1.807) is 12.4 Å². The molecule has 1 N–H and O–H groups in total. The van der Waals surface area contributed by atoms with E-state index in [1.165, 1.54) is 11.1 Å². The van der Waals surface area contributed by atoms with Crippen molar-refractivity contribution in [3.8, 4) is 0 Å². The minimum absolute atomic E-state index is 0.257. The van der Waals surface area contributed by atoms with Crippen LogP contribution in [0.1, 0.15) is 31.9 Å². The van der Waals surface area contributed by atoms with Gasteiger partial charge in [0.2, 0.25) is 0 Å². The van der Waals surface area contributed by atoms with E-state index in [2.05, 4.69) is 41.8 Å².